The Kier molecular flexibility index (Phi) is 6.30. The fourth-order valence-electron chi connectivity index (χ4n) is 4.36. The van der Waals surface area contributed by atoms with Crippen LogP contribution < -0.4 is 19.7 Å². The number of methoxy groups -OCH3 is 2. The average molecular weight is 502 g/mol. The Morgan fingerprint density at radius 1 is 1.06 bits per heavy atom. The molecule has 0 unspecified atom stereocenters. The molecule has 0 spiro atoms. The zero-order chi connectivity index (χ0) is 25.2. The van der Waals surface area contributed by atoms with Crippen LogP contribution in [-0.4, -0.2) is 35.4 Å². The van der Waals surface area contributed by atoms with Crippen molar-refractivity contribution in [3.05, 3.63) is 96.0 Å². The number of hydrogen-bond donors (Lipinski definition) is 2. The van der Waals surface area contributed by atoms with Gasteiger partial charge in [-0.25, -0.2) is 4.79 Å². The van der Waals surface area contributed by atoms with Gasteiger partial charge in [-0.1, -0.05) is 18.2 Å². The molecule has 0 aliphatic carbocycles. The van der Waals surface area contributed by atoms with E-state index in [0.717, 1.165) is 5.69 Å². The van der Waals surface area contributed by atoms with Crippen LogP contribution in [0.15, 0.2) is 83.4 Å². The molecule has 2 N–H and O–H groups in total. The topological polar surface area (TPSA) is 97.1 Å². The molecule has 9 heteroatoms. The van der Waals surface area contributed by atoms with Gasteiger partial charge in [0.05, 0.1) is 37.2 Å². The van der Waals surface area contributed by atoms with Gasteiger partial charge >= 0.3 is 5.97 Å². The quantitative estimate of drug-likeness (QED) is 0.330. The molecule has 1 saturated heterocycles. The van der Waals surface area contributed by atoms with Crippen molar-refractivity contribution in [2.45, 2.75) is 12.1 Å². The second kappa shape index (κ2) is 9.71. The summed E-state index contributed by atoms with van der Waals surface area (Å²) in [6.45, 7) is 0. The molecule has 0 saturated carbocycles. The highest BCUT2D eigenvalue weighted by atomic mass is 32.1. The van der Waals surface area contributed by atoms with E-state index in [0.29, 0.717) is 39.4 Å². The van der Waals surface area contributed by atoms with Crippen molar-refractivity contribution in [2.24, 2.45) is 0 Å². The van der Waals surface area contributed by atoms with Crippen LogP contribution in [0.1, 0.15) is 33.9 Å². The molecule has 0 amide bonds. The van der Waals surface area contributed by atoms with Crippen molar-refractivity contribution in [1.29, 1.82) is 0 Å². The highest BCUT2D eigenvalue weighted by Crippen LogP contribution is 2.46. The summed E-state index contributed by atoms with van der Waals surface area (Å²) >= 11 is 5.79. The standard InChI is InChI=1S/C27H23N3O5S/c1-33-18-9-10-22(34-2)20(15-18)30-25(24(29-27(30)36)19-8-3-4-13-28-19)23-12-11-21(35-23)16-6-5-7-17(14-16)26(31)32/h3-15,24-25H,1-2H3,(H,29,36)(H,31,32)/t24-,25+/m1/s1. The molecule has 3 heterocycles. The Morgan fingerprint density at radius 2 is 1.92 bits per heavy atom. The lowest BCUT2D eigenvalue weighted by Gasteiger charge is -2.27. The number of carboxylic acid groups (broad SMARTS) is 1. The minimum absolute atomic E-state index is 0.184. The Morgan fingerprint density at radius 3 is 2.64 bits per heavy atom. The molecule has 182 valence electrons. The Bertz CT molecular complexity index is 1420. The van der Waals surface area contributed by atoms with Gasteiger partial charge in [-0.2, -0.15) is 0 Å². The summed E-state index contributed by atoms with van der Waals surface area (Å²) < 4.78 is 17.5. The predicted molar refractivity (Wildman–Crippen MR) is 139 cm³/mol. The normalized spacial score (nSPS) is 17.1. The third-order valence-corrected chi connectivity index (χ3v) is 6.37. The Hall–Kier alpha value is -4.37. The maximum absolute atomic E-state index is 11.5. The third kappa shape index (κ3) is 4.25. The number of benzene rings is 2. The molecule has 0 radical (unpaired) electrons. The number of hydrogen-bond acceptors (Lipinski definition) is 6. The van der Waals surface area contributed by atoms with Gasteiger partial charge in [-0.15, -0.1) is 0 Å². The molecular formula is C27H23N3O5S. The lowest BCUT2D eigenvalue weighted by atomic mass is 10.0. The number of carbonyl (C=O) groups is 1. The zero-order valence-electron chi connectivity index (χ0n) is 19.5. The van der Waals surface area contributed by atoms with Crippen LogP contribution in [-0.2, 0) is 0 Å². The molecule has 2 atom stereocenters. The number of carboxylic acids is 1. The van der Waals surface area contributed by atoms with Crippen molar-refractivity contribution in [1.82, 2.24) is 10.3 Å². The number of anilines is 1. The number of pyridine rings is 1. The molecule has 2 aromatic heterocycles. The number of rotatable bonds is 7. The Balaban J connectivity index is 1.63. The highest BCUT2D eigenvalue weighted by molar-refractivity contribution is 7.80. The Labute approximate surface area is 213 Å². The summed E-state index contributed by atoms with van der Waals surface area (Å²) in [6, 6.07) is 20.8. The van der Waals surface area contributed by atoms with E-state index in [4.69, 9.17) is 26.1 Å². The van der Waals surface area contributed by atoms with Crippen molar-refractivity contribution in [3.63, 3.8) is 0 Å². The molecule has 5 rings (SSSR count). The van der Waals surface area contributed by atoms with Crippen LogP contribution in [0, 0.1) is 0 Å². The van der Waals surface area contributed by atoms with Gasteiger partial charge < -0.3 is 29.2 Å². The van der Waals surface area contributed by atoms with Gasteiger partial charge in [0, 0.05) is 17.8 Å². The average Bonchev–Trinajstić information content (AvgIpc) is 3.53. The van der Waals surface area contributed by atoms with Gasteiger partial charge in [0.25, 0.3) is 0 Å². The summed E-state index contributed by atoms with van der Waals surface area (Å²) in [5.41, 5.74) is 2.35. The summed E-state index contributed by atoms with van der Waals surface area (Å²) in [7, 11) is 3.20. The van der Waals surface area contributed by atoms with Gasteiger partial charge in [-0.3, -0.25) is 4.98 Å². The fourth-order valence-corrected chi connectivity index (χ4v) is 4.70. The molecule has 1 aliphatic heterocycles. The monoisotopic (exact) mass is 501 g/mol. The van der Waals surface area contributed by atoms with E-state index in [2.05, 4.69) is 10.3 Å². The molecule has 1 fully saturated rings. The molecule has 8 nitrogen and oxygen atoms in total. The number of thiocarbonyl (C=S) groups is 1. The van der Waals surface area contributed by atoms with Crippen molar-refractivity contribution >= 4 is 29.0 Å². The largest absolute Gasteiger partial charge is 0.497 e. The summed E-state index contributed by atoms with van der Waals surface area (Å²) in [5.74, 6) is 1.44. The van der Waals surface area contributed by atoms with E-state index in [1.807, 2.05) is 59.5 Å². The molecule has 1 aliphatic rings. The number of ether oxygens (including phenoxy) is 2. The zero-order valence-corrected chi connectivity index (χ0v) is 20.4. The van der Waals surface area contributed by atoms with Crippen LogP contribution in [0.3, 0.4) is 0 Å². The first kappa shape index (κ1) is 23.4. The van der Waals surface area contributed by atoms with Crippen LogP contribution >= 0.6 is 12.2 Å². The number of nitrogens with one attached hydrogen (secondary N) is 1. The number of nitrogens with zero attached hydrogens (tertiary/aromatic N) is 2. The fraction of sp³-hybridized carbons (Fsp3) is 0.148. The van der Waals surface area contributed by atoms with E-state index in [9.17, 15) is 9.90 Å². The van der Waals surface area contributed by atoms with Gasteiger partial charge in [0.1, 0.15) is 29.1 Å². The maximum atomic E-state index is 11.5. The molecule has 0 bridgehead atoms. The van der Waals surface area contributed by atoms with Crippen LogP contribution in [0.2, 0.25) is 0 Å². The first-order valence-electron chi connectivity index (χ1n) is 11.2. The van der Waals surface area contributed by atoms with Crippen LogP contribution in [0.5, 0.6) is 11.5 Å². The maximum Gasteiger partial charge on any atom is 0.335 e. The van der Waals surface area contributed by atoms with E-state index < -0.39 is 12.0 Å². The van der Waals surface area contributed by atoms with Crippen LogP contribution in [0.4, 0.5) is 5.69 Å². The van der Waals surface area contributed by atoms with Crippen molar-refractivity contribution in [2.75, 3.05) is 19.1 Å². The van der Waals surface area contributed by atoms with E-state index in [1.165, 1.54) is 0 Å². The number of aromatic nitrogens is 1. The van der Waals surface area contributed by atoms with E-state index in [1.54, 1.807) is 38.6 Å². The van der Waals surface area contributed by atoms with E-state index >= 15 is 0 Å². The minimum Gasteiger partial charge on any atom is -0.497 e. The van der Waals surface area contributed by atoms with Gasteiger partial charge in [-0.05, 0) is 60.7 Å². The van der Waals surface area contributed by atoms with Crippen molar-refractivity contribution in [3.8, 4) is 22.8 Å². The summed E-state index contributed by atoms with van der Waals surface area (Å²) in [6.07, 6.45) is 1.73. The second-order valence-electron chi connectivity index (χ2n) is 8.12. The smallest absolute Gasteiger partial charge is 0.335 e. The summed E-state index contributed by atoms with van der Waals surface area (Å²) in [4.78, 5) is 18.0. The second-order valence-corrected chi connectivity index (χ2v) is 8.51. The third-order valence-electron chi connectivity index (χ3n) is 6.06. The minimum atomic E-state index is -1.000. The predicted octanol–water partition coefficient (Wildman–Crippen LogP) is 5.23. The van der Waals surface area contributed by atoms with Crippen molar-refractivity contribution < 1.29 is 23.8 Å². The SMILES string of the molecule is COc1ccc(OC)c(N2C(=S)N[C@H](c3ccccn3)[C@@H]2c2ccc(-c3cccc(C(=O)O)c3)o2)c1. The first-order chi connectivity index (χ1) is 17.5. The van der Waals surface area contributed by atoms with Gasteiger partial charge in [0.15, 0.2) is 5.11 Å². The highest BCUT2D eigenvalue weighted by Gasteiger charge is 2.43. The summed E-state index contributed by atoms with van der Waals surface area (Å²) in [5, 5.41) is 13.3. The first-order valence-corrected chi connectivity index (χ1v) is 11.6. The van der Waals surface area contributed by atoms with Gasteiger partial charge in [0.2, 0.25) is 0 Å². The molecule has 2 aromatic carbocycles. The number of aromatic carboxylic acids is 1. The molecule has 36 heavy (non-hydrogen) atoms. The van der Waals surface area contributed by atoms with Crippen LogP contribution in [0.25, 0.3) is 11.3 Å². The number of furan rings is 1. The lowest BCUT2D eigenvalue weighted by molar-refractivity contribution is 0.0697. The lowest BCUT2D eigenvalue weighted by Crippen LogP contribution is -2.29. The van der Waals surface area contributed by atoms with E-state index in [-0.39, 0.29) is 11.6 Å². The molecule has 4 aromatic rings. The molecular weight excluding hydrogens is 478 g/mol.